The van der Waals surface area contributed by atoms with Crippen molar-refractivity contribution in [1.82, 2.24) is 14.5 Å². The molecular weight excluding hydrogens is 406 g/mol. The van der Waals surface area contributed by atoms with Crippen molar-refractivity contribution in [2.24, 2.45) is 7.05 Å². The summed E-state index contributed by atoms with van der Waals surface area (Å²) in [6, 6.07) is 5.62. The minimum atomic E-state index is -3.70. The first kappa shape index (κ1) is 18.3. The van der Waals surface area contributed by atoms with Crippen molar-refractivity contribution in [3.8, 4) is 5.75 Å². The molecule has 0 spiro atoms. The lowest BCUT2D eigenvalue weighted by Gasteiger charge is -2.08. The van der Waals surface area contributed by atoms with E-state index in [0.717, 1.165) is 15.8 Å². The predicted molar refractivity (Wildman–Crippen MR) is 92.5 cm³/mol. The lowest BCUT2D eigenvalue weighted by Crippen LogP contribution is -2.26. The minimum Gasteiger partial charge on any atom is -0.496 e. The number of halogens is 2. The molecule has 1 N–H and O–H groups in total. The molecule has 0 aliphatic rings. The first-order valence-corrected chi connectivity index (χ1v) is 9.43. The number of rotatable bonds is 6. The monoisotopic (exact) mass is 421 g/mol. The zero-order valence-corrected chi connectivity index (χ0v) is 16.1. The number of aryl methyl sites for hydroxylation is 2. The number of benzene rings is 1. The number of nitrogens with zero attached hydrogens (tertiary/aromatic N) is 2. The molecular formula is C14H17BrClN3O3S. The van der Waals surface area contributed by atoms with Crippen LogP contribution in [0.15, 0.2) is 27.6 Å². The van der Waals surface area contributed by atoms with Crippen molar-refractivity contribution in [3.05, 3.63) is 39.1 Å². The molecule has 1 heterocycles. The van der Waals surface area contributed by atoms with Crippen LogP contribution in [0.2, 0.25) is 5.15 Å². The summed E-state index contributed by atoms with van der Waals surface area (Å²) in [5, 5.41) is 4.12. The average Bonchev–Trinajstić information content (AvgIpc) is 2.72. The third-order valence-corrected chi connectivity index (χ3v) is 6.07. The Labute approximate surface area is 149 Å². The molecule has 23 heavy (non-hydrogen) atoms. The Morgan fingerprint density at radius 2 is 2.13 bits per heavy atom. The summed E-state index contributed by atoms with van der Waals surface area (Å²) in [6.45, 7) is 1.87. The largest absolute Gasteiger partial charge is 0.496 e. The lowest BCUT2D eigenvalue weighted by molar-refractivity contribution is 0.412. The topological polar surface area (TPSA) is 73.2 Å². The smallest absolute Gasteiger partial charge is 0.245 e. The van der Waals surface area contributed by atoms with Crippen LogP contribution in [0.3, 0.4) is 0 Å². The van der Waals surface area contributed by atoms with Gasteiger partial charge in [-0.05, 0) is 47.0 Å². The third kappa shape index (κ3) is 4.06. The van der Waals surface area contributed by atoms with Crippen LogP contribution in [0.4, 0.5) is 0 Å². The zero-order valence-electron chi connectivity index (χ0n) is 12.9. The van der Waals surface area contributed by atoms with E-state index in [1.165, 1.54) is 4.68 Å². The standard InChI is InChI=1S/C14H17BrClN3O3S/c1-9-13(14(16)19(2)18-9)23(20,21)17-7-6-10-4-5-12(22-3)11(15)8-10/h4-5,8,17H,6-7H2,1-3H3. The molecule has 2 rings (SSSR count). The van der Waals surface area contributed by atoms with Gasteiger partial charge in [0.25, 0.3) is 0 Å². The molecule has 0 unspecified atom stereocenters. The van der Waals surface area contributed by atoms with E-state index in [-0.39, 0.29) is 16.6 Å². The molecule has 0 saturated heterocycles. The van der Waals surface area contributed by atoms with Crippen LogP contribution in [-0.2, 0) is 23.5 Å². The third-order valence-electron chi connectivity index (χ3n) is 3.29. The summed E-state index contributed by atoms with van der Waals surface area (Å²) < 4.78 is 34.6. The normalized spacial score (nSPS) is 11.7. The summed E-state index contributed by atoms with van der Waals surface area (Å²) in [5.74, 6) is 0.729. The van der Waals surface area contributed by atoms with Crippen LogP contribution >= 0.6 is 27.5 Å². The Hall–Kier alpha value is -1.09. The van der Waals surface area contributed by atoms with Gasteiger partial charge in [-0.2, -0.15) is 5.10 Å². The van der Waals surface area contributed by atoms with Crippen molar-refractivity contribution >= 4 is 37.6 Å². The number of hydrogen-bond donors (Lipinski definition) is 1. The molecule has 6 nitrogen and oxygen atoms in total. The minimum absolute atomic E-state index is 0.0255. The van der Waals surface area contributed by atoms with Crippen LogP contribution in [0.1, 0.15) is 11.3 Å². The number of hydrogen-bond acceptors (Lipinski definition) is 4. The summed E-state index contributed by atoms with van der Waals surface area (Å²) in [7, 11) is -0.504. The molecule has 126 valence electrons. The van der Waals surface area contributed by atoms with E-state index in [1.807, 2.05) is 18.2 Å². The van der Waals surface area contributed by atoms with Crippen molar-refractivity contribution in [2.45, 2.75) is 18.2 Å². The summed E-state index contributed by atoms with van der Waals surface area (Å²) >= 11 is 9.41. The van der Waals surface area contributed by atoms with Gasteiger partial charge in [0.15, 0.2) is 0 Å². The fraction of sp³-hybridized carbons (Fsp3) is 0.357. The average molecular weight is 423 g/mol. The van der Waals surface area contributed by atoms with Crippen LogP contribution in [-0.4, -0.2) is 31.9 Å². The lowest BCUT2D eigenvalue weighted by atomic mass is 10.1. The van der Waals surface area contributed by atoms with Crippen LogP contribution in [0.25, 0.3) is 0 Å². The molecule has 0 fully saturated rings. The molecule has 0 saturated carbocycles. The van der Waals surface area contributed by atoms with Crippen molar-refractivity contribution in [1.29, 1.82) is 0 Å². The van der Waals surface area contributed by atoms with Crippen molar-refractivity contribution in [3.63, 3.8) is 0 Å². The number of sulfonamides is 1. The highest BCUT2D eigenvalue weighted by molar-refractivity contribution is 9.10. The molecule has 0 bridgehead atoms. The Morgan fingerprint density at radius 1 is 1.43 bits per heavy atom. The second kappa shape index (κ2) is 7.21. The maximum Gasteiger partial charge on any atom is 0.245 e. The summed E-state index contributed by atoms with van der Waals surface area (Å²) in [5.41, 5.74) is 1.35. The second-order valence-electron chi connectivity index (χ2n) is 4.95. The van der Waals surface area contributed by atoms with E-state index in [1.54, 1.807) is 21.1 Å². The second-order valence-corrected chi connectivity index (χ2v) is 7.86. The molecule has 2 aromatic rings. The number of nitrogens with one attached hydrogen (secondary N) is 1. The first-order valence-electron chi connectivity index (χ1n) is 6.77. The molecule has 0 aliphatic heterocycles. The zero-order chi connectivity index (χ0) is 17.2. The fourth-order valence-electron chi connectivity index (χ4n) is 2.18. The highest BCUT2D eigenvalue weighted by Crippen LogP contribution is 2.26. The molecule has 1 aromatic carbocycles. The maximum atomic E-state index is 12.4. The quantitative estimate of drug-likeness (QED) is 0.777. The molecule has 0 aliphatic carbocycles. The van der Waals surface area contributed by atoms with Crippen LogP contribution in [0, 0.1) is 6.92 Å². The van der Waals surface area contributed by atoms with Crippen molar-refractivity contribution < 1.29 is 13.2 Å². The SMILES string of the molecule is COc1ccc(CCNS(=O)(=O)c2c(C)nn(C)c2Cl)cc1Br. The Kier molecular flexibility index (Phi) is 5.72. The van der Waals surface area contributed by atoms with Gasteiger partial charge in [-0.15, -0.1) is 0 Å². The number of methoxy groups -OCH3 is 1. The van der Waals surface area contributed by atoms with Gasteiger partial charge in [0, 0.05) is 13.6 Å². The number of ether oxygens (including phenoxy) is 1. The van der Waals surface area contributed by atoms with Gasteiger partial charge in [0.2, 0.25) is 10.0 Å². The van der Waals surface area contributed by atoms with E-state index < -0.39 is 10.0 Å². The highest BCUT2D eigenvalue weighted by Gasteiger charge is 2.24. The molecule has 0 atom stereocenters. The van der Waals surface area contributed by atoms with E-state index >= 15 is 0 Å². The van der Waals surface area contributed by atoms with E-state index in [2.05, 4.69) is 25.8 Å². The first-order chi connectivity index (χ1) is 10.8. The van der Waals surface area contributed by atoms with E-state index in [0.29, 0.717) is 12.1 Å². The Balaban J connectivity index is 2.07. The van der Waals surface area contributed by atoms with Gasteiger partial charge in [-0.25, -0.2) is 13.1 Å². The van der Waals surface area contributed by atoms with Crippen molar-refractivity contribution in [2.75, 3.05) is 13.7 Å². The van der Waals surface area contributed by atoms with Gasteiger partial charge in [0.1, 0.15) is 15.8 Å². The van der Waals surface area contributed by atoms with Gasteiger partial charge < -0.3 is 4.74 Å². The van der Waals surface area contributed by atoms with Gasteiger partial charge >= 0.3 is 0 Å². The molecule has 0 amide bonds. The van der Waals surface area contributed by atoms with Gasteiger partial charge in [-0.1, -0.05) is 17.7 Å². The Bertz CT molecular complexity index is 821. The summed E-state index contributed by atoms with van der Waals surface area (Å²) in [4.78, 5) is 0.0255. The van der Waals surface area contributed by atoms with E-state index in [9.17, 15) is 8.42 Å². The van der Waals surface area contributed by atoms with Crippen LogP contribution < -0.4 is 9.46 Å². The highest BCUT2D eigenvalue weighted by atomic mass is 79.9. The molecule has 1 aromatic heterocycles. The maximum absolute atomic E-state index is 12.4. The number of aromatic nitrogens is 2. The van der Waals surface area contributed by atoms with Gasteiger partial charge in [-0.3, -0.25) is 4.68 Å². The Morgan fingerprint density at radius 3 is 2.65 bits per heavy atom. The predicted octanol–water partition coefficient (Wildman–Crippen LogP) is 2.67. The molecule has 9 heteroatoms. The van der Waals surface area contributed by atoms with E-state index in [4.69, 9.17) is 16.3 Å². The van der Waals surface area contributed by atoms with Crippen LogP contribution in [0.5, 0.6) is 5.75 Å². The fourth-order valence-corrected chi connectivity index (χ4v) is 4.55. The summed E-state index contributed by atoms with van der Waals surface area (Å²) in [6.07, 6.45) is 0.540. The molecule has 0 radical (unpaired) electrons. The van der Waals surface area contributed by atoms with Gasteiger partial charge in [0.05, 0.1) is 17.3 Å².